The van der Waals surface area contributed by atoms with E-state index in [1.165, 1.54) is 25.7 Å². The molecule has 1 atom stereocenters. The van der Waals surface area contributed by atoms with E-state index < -0.39 is 5.60 Å². The molecule has 0 spiro atoms. The number of rotatable bonds is 2. The van der Waals surface area contributed by atoms with E-state index in [1.54, 1.807) is 0 Å². The van der Waals surface area contributed by atoms with Gasteiger partial charge in [-0.05, 0) is 32.2 Å². The maximum Gasteiger partial charge on any atom is 0.0839 e. The molecule has 0 radical (unpaired) electrons. The first kappa shape index (κ1) is 12.3. The fourth-order valence-corrected chi connectivity index (χ4v) is 3.61. The van der Waals surface area contributed by atoms with Crippen LogP contribution in [0, 0.1) is 5.41 Å². The number of piperidine rings is 1. The molecule has 0 aromatic rings. The van der Waals surface area contributed by atoms with E-state index in [2.05, 4.69) is 5.32 Å². The third-order valence-electron chi connectivity index (χ3n) is 4.80. The molecule has 1 unspecified atom stereocenters. The molecule has 3 nitrogen and oxygen atoms in total. The van der Waals surface area contributed by atoms with Gasteiger partial charge >= 0.3 is 0 Å². The topological polar surface area (TPSA) is 58.3 Å². The SMILES string of the molecule is NCC1(C2(O)CCCNC2)CCCCCC1. The van der Waals surface area contributed by atoms with Gasteiger partial charge in [-0.3, -0.25) is 0 Å². The van der Waals surface area contributed by atoms with Crippen molar-refractivity contribution in [3.8, 4) is 0 Å². The highest BCUT2D eigenvalue weighted by Gasteiger charge is 2.49. The minimum atomic E-state index is -0.551. The first-order valence-electron chi connectivity index (χ1n) is 6.86. The van der Waals surface area contributed by atoms with Crippen molar-refractivity contribution in [1.82, 2.24) is 5.32 Å². The summed E-state index contributed by atoms with van der Waals surface area (Å²) >= 11 is 0. The number of nitrogens with two attached hydrogens (primary N) is 1. The van der Waals surface area contributed by atoms with Crippen molar-refractivity contribution in [2.45, 2.75) is 57.0 Å². The molecule has 94 valence electrons. The minimum absolute atomic E-state index is 0.0169. The molecule has 0 aromatic carbocycles. The average Bonchev–Trinajstić information content (AvgIpc) is 2.56. The second kappa shape index (κ2) is 5.03. The predicted octanol–water partition coefficient (Wildman–Crippen LogP) is 1.40. The van der Waals surface area contributed by atoms with E-state index in [-0.39, 0.29) is 5.41 Å². The van der Waals surface area contributed by atoms with Gasteiger partial charge in [0.1, 0.15) is 0 Å². The molecule has 3 heteroatoms. The number of nitrogens with one attached hydrogen (secondary N) is 1. The van der Waals surface area contributed by atoms with Gasteiger partial charge in [0.15, 0.2) is 0 Å². The van der Waals surface area contributed by atoms with Crippen LogP contribution in [0.25, 0.3) is 0 Å². The number of aliphatic hydroxyl groups is 1. The fourth-order valence-electron chi connectivity index (χ4n) is 3.61. The Hall–Kier alpha value is -0.120. The van der Waals surface area contributed by atoms with E-state index in [0.29, 0.717) is 6.54 Å². The van der Waals surface area contributed by atoms with Gasteiger partial charge in [0.2, 0.25) is 0 Å². The third-order valence-corrected chi connectivity index (χ3v) is 4.80. The van der Waals surface area contributed by atoms with Gasteiger partial charge < -0.3 is 16.2 Å². The van der Waals surface area contributed by atoms with Gasteiger partial charge in [-0.2, -0.15) is 0 Å². The molecule has 2 rings (SSSR count). The van der Waals surface area contributed by atoms with E-state index in [4.69, 9.17) is 5.73 Å². The average molecular weight is 226 g/mol. The lowest BCUT2D eigenvalue weighted by molar-refractivity contribution is -0.103. The molecule has 16 heavy (non-hydrogen) atoms. The maximum absolute atomic E-state index is 10.9. The molecular formula is C13H26N2O. The van der Waals surface area contributed by atoms with Gasteiger partial charge in [-0.15, -0.1) is 0 Å². The minimum Gasteiger partial charge on any atom is -0.388 e. The first-order chi connectivity index (χ1) is 7.72. The highest BCUT2D eigenvalue weighted by molar-refractivity contribution is 5.03. The summed E-state index contributed by atoms with van der Waals surface area (Å²) in [5.41, 5.74) is 5.47. The molecule has 1 aliphatic carbocycles. The van der Waals surface area contributed by atoms with Crippen molar-refractivity contribution < 1.29 is 5.11 Å². The lowest BCUT2D eigenvalue weighted by atomic mass is 9.64. The molecule has 2 aliphatic rings. The Kier molecular flexibility index (Phi) is 3.88. The summed E-state index contributed by atoms with van der Waals surface area (Å²) < 4.78 is 0. The molecule has 0 aromatic heterocycles. The van der Waals surface area contributed by atoms with Crippen LogP contribution in [0.2, 0.25) is 0 Å². The normalized spacial score (nSPS) is 35.6. The van der Waals surface area contributed by atoms with Crippen LogP contribution in [0.1, 0.15) is 51.4 Å². The zero-order valence-corrected chi connectivity index (χ0v) is 10.3. The molecule has 1 saturated carbocycles. The molecule has 1 aliphatic heterocycles. The smallest absolute Gasteiger partial charge is 0.0839 e. The van der Waals surface area contributed by atoms with Crippen LogP contribution in [0.5, 0.6) is 0 Å². The Morgan fingerprint density at radius 3 is 2.19 bits per heavy atom. The van der Waals surface area contributed by atoms with Crippen molar-refractivity contribution in [1.29, 1.82) is 0 Å². The van der Waals surface area contributed by atoms with Crippen LogP contribution >= 0.6 is 0 Å². The van der Waals surface area contributed by atoms with Crippen LogP contribution < -0.4 is 11.1 Å². The highest BCUT2D eigenvalue weighted by atomic mass is 16.3. The zero-order chi connectivity index (χ0) is 11.5. The lowest BCUT2D eigenvalue weighted by Crippen LogP contribution is -2.60. The predicted molar refractivity (Wildman–Crippen MR) is 66.2 cm³/mol. The largest absolute Gasteiger partial charge is 0.388 e. The fraction of sp³-hybridized carbons (Fsp3) is 1.00. The Bertz CT molecular complexity index is 216. The van der Waals surface area contributed by atoms with E-state index in [1.807, 2.05) is 0 Å². The summed E-state index contributed by atoms with van der Waals surface area (Å²) in [4.78, 5) is 0. The van der Waals surface area contributed by atoms with E-state index >= 15 is 0 Å². The molecule has 1 heterocycles. The Balaban J connectivity index is 2.16. The Morgan fingerprint density at radius 2 is 1.69 bits per heavy atom. The van der Waals surface area contributed by atoms with Crippen molar-refractivity contribution in [3.05, 3.63) is 0 Å². The van der Waals surface area contributed by atoms with Gasteiger partial charge in [0.05, 0.1) is 5.60 Å². The summed E-state index contributed by atoms with van der Waals surface area (Å²) in [6.07, 6.45) is 9.33. The van der Waals surface area contributed by atoms with E-state index in [0.717, 1.165) is 38.8 Å². The van der Waals surface area contributed by atoms with Gasteiger partial charge in [0.25, 0.3) is 0 Å². The van der Waals surface area contributed by atoms with Crippen molar-refractivity contribution in [2.24, 2.45) is 11.1 Å². The highest BCUT2D eigenvalue weighted by Crippen LogP contribution is 2.45. The summed E-state index contributed by atoms with van der Waals surface area (Å²) in [5, 5.41) is 14.3. The molecule has 1 saturated heterocycles. The molecular weight excluding hydrogens is 200 g/mol. The summed E-state index contributed by atoms with van der Waals surface area (Å²) in [6.45, 7) is 2.43. The summed E-state index contributed by atoms with van der Waals surface area (Å²) in [5.74, 6) is 0. The van der Waals surface area contributed by atoms with Crippen molar-refractivity contribution >= 4 is 0 Å². The molecule has 0 amide bonds. The van der Waals surface area contributed by atoms with E-state index in [9.17, 15) is 5.11 Å². The van der Waals surface area contributed by atoms with Gasteiger partial charge in [0, 0.05) is 18.5 Å². The van der Waals surface area contributed by atoms with Crippen molar-refractivity contribution in [3.63, 3.8) is 0 Å². The number of hydrogen-bond acceptors (Lipinski definition) is 3. The molecule has 2 fully saturated rings. The van der Waals surface area contributed by atoms with Crippen LogP contribution in [-0.2, 0) is 0 Å². The standard InChI is InChI=1S/C13H26N2O/c14-10-12(6-3-1-2-4-7-12)13(16)8-5-9-15-11-13/h15-16H,1-11,14H2. The Labute approximate surface area is 98.8 Å². The van der Waals surface area contributed by atoms with Gasteiger partial charge in [-0.1, -0.05) is 25.7 Å². The van der Waals surface area contributed by atoms with Crippen LogP contribution in [0.3, 0.4) is 0 Å². The van der Waals surface area contributed by atoms with Crippen LogP contribution in [0.15, 0.2) is 0 Å². The van der Waals surface area contributed by atoms with Crippen LogP contribution in [0.4, 0.5) is 0 Å². The second-order valence-electron chi connectivity index (χ2n) is 5.71. The van der Waals surface area contributed by atoms with Crippen molar-refractivity contribution in [2.75, 3.05) is 19.6 Å². The van der Waals surface area contributed by atoms with Crippen LogP contribution in [-0.4, -0.2) is 30.3 Å². The maximum atomic E-state index is 10.9. The number of hydrogen-bond donors (Lipinski definition) is 3. The summed E-state index contributed by atoms with van der Waals surface area (Å²) in [6, 6.07) is 0. The third kappa shape index (κ3) is 2.13. The molecule has 4 N–H and O–H groups in total. The zero-order valence-electron chi connectivity index (χ0n) is 10.3. The quantitative estimate of drug-likeness (QED) is 0.624. The lowest BCUT2D eigenvalue weighted by Gasteiger charge is -2.49. The second-order valence-corrected chi connectivity index (χ2v) is 5.71. The number of β-amino-alcohol motifs (C(OH)–C–C–N with tert-alkyl or cyclic N) is 1. The monoisotopic (exact) mass is 226 g/mol. The van der Waals surface area contributed by atoms with Gasteiger partial charge in [-0.25, -0.2) is 0 Å². The first-order valence-corrected chi connectivity index (χ1v) is 6.86. The molecule has 0 bridgehead atoms. The Morgan fingerprint density at radius 1 is 1.00 bits per heavy atom. The summed E-state index contributed by atoms with van der Waals surface area (Å²) in [7, 11) is 0.